The summed E-state index contributed by atoms with van der Waals surface area (Å²) >= 11 is 0. The monoisotopic (exact) mass is 461 g/mol. The van der Waals surface area contributed by atoms with Crippen molar-refractivity contribution < 1.29 is 4.74 Å². The van der Waals surface area contributed by atoms with Gasteiger partial charge in [-0.3, -0.25) is 0 Å². The molecule has 0 aliphatic rings. The van der Waals surface area contributed by atoms with E-state index in [-0.39, 0.29) is 12.5 Å². The number of benzene rings is 2. The van der Waals surface area contributed by atoms with Crippen LogP contribution >= 0.6 is 0 Å². The number of aromatic nitrogens is 4. The van der Waals surface area contributed by atoms with E-state index >= 15 is 0 Å². The third-order valence-electron chi connectivity index (χ3n) is 5.11. The van der Waals surface area contributed by atoms with Crippen LogP contribution in [0, 0.1) is 40.9 Å². The Labute approximate surface area is 201 Å². The number of methoxy groups -OCH3 is 1. The van der Waals surface area contributed by atoms with Crippen LogP contribution < -0.4 is 15.4 Å². The van der Waals surface area contributed by atoms with Gasteiger partial charge in [-0.1, -0.05) is 0 Å². The number of rotatable bonds is 7. The fourth-order valence-corrected chi connectivity index (χ4v) is 3.49. The fraction of sp³-hybridized carbons (Fsp3) is 0.120. The van der Waals surface area contributed by atoms with Gasteiger partial charge in [0, 0.05) is 11.8 Å². The lowest BCUT2D eigenvalue weighted by Gasteiger charge is -2.16. The van der Waals surface area contributed by atoms with Gasteiger partial charge in [0.15, 0.2) is 17.0 Å². The number of aryl methyl sites for hydroxylation is 1. The summed E-state index contributed by atoms with van der Waals surface area (Å²) in [6.07, 6.45) is 4.64. The normalized spacial score (nSPS) is 10.5. The van der Waals surface area contributed by atoms with E-state index < -0.39 is 0 Å². The Kier molecular flexibility index (Phi) is 6.53. The SMILES string of the molecule is COc1cc(/C=C/C#N)cc(C)c1Nc1nc(Nc2ccc(C#N)cc2)nc2c1ncn2CC#N. The quantitative estimate of drug-likeness (QED) is 0.378. The van der Waals surface area contributed by atoms with Crippen molar-refractivity contribution in [2.45, 2.75) is 13.5 Å². The van der Waals surface area contributed by atoms with Crippen molar-refractivity contribution in [3.05, 3.63) is 65.5 Å². The molecule has 35 heavy (non-hydrogen) atoms. The van der Waals surface area contributed by atoms with Crippen LogP contribution in [0.25, 0.3) is 17.2 Å². The number of hydrogen-bond donors (Lipinski definition) is 2. The number of fused-ring (bicyclic) bond motifs is 1. The zero-order chi connectivity index (χ0) is 24.8. The summed E-state index contributed by atoms with van der Waals surface area (Å²) in [4.78, 5) is 13.6. The summed E-state index contributed by atoms with van der Waals surface area (Å²) < 4.78 is 7.22. The molecule has 0 atom stereocenters. The van der Waals surface area contributed by atoms with Crippen molar-refractivity contribution in [2.24, 2.45) is 0 Å². The molecule has 0 radical (unpaired) electrons. The number of allylic oxidation sites excluding steroid dienone is 1. The average Bonchev–Trinajstić information content (AvgIpc) is 3.27. The molecule has 0 fully saturated rings. The van der Waals surface area contributed by atoms with E-state index in [1.165, 1.54) is 6.08 Å². The molecule has 0 saturated carbocycles. The van der Waals surface area contributed by atoms with Crippen LogP contribution in [0.4, 0.5) is 23.1 Å². The van der Waals surface area contributed by atoms with Crippen LogP contribution in [-0.4, -0.2) is 26.6 Å². The molecule has 170 valence electrons. The Balaban J connectivity index is 1.79. The topological polar surface area (TPSA) is 148 Å². The first-order valence-electron chi connectivity index (χ1n) is 10.4. The molecule has 2 N–H and O–H groups in total. The molecule has 0 bridgehead atoms. The standard InChI is InChI=1S/C25H19N9O/c1-16-12-18(4-3-9-26)13-20(35-2)21(16)31-23-22-24(34(11-10-27)15-29-22)33-25(32-23)30-19-7-5-17(14-28)6-8-19/h3-8,12-13,15H,11H2,1-2H3,(H2,30,31,32,33)/b4-3+. The highest BCUT2D eigenvalue weighted by molar-refractivity contribution is 5.88. The van der Waals surface area contributed by atoms with E-state index in [4.69, 9.17) is 15.3 Å². The maximum absolute atomic E-state index is 9.21. The van der Waals surface area contributed by atoms with E-state index in [1.54, 1.807) is 48.3 Å². The fourth-order valence-electron chi connectivity index (χ4n) is 3.49. The number of ether oxygens (including phenoxy) is 1. The predicted molar refractivity (Wildman–Crippen MR) is 131 cm³/mol. The minimum atomic E-state index is 0.0749. The Morgan fingerprint density at radius 1 is 1.09 bits per heavy atom. The molecule has 0 aliphatic carbocycles. The third kappa shape index (κ3) is 4.85. The summed E-state index contributed by atoms with van der Waals surface area (Å²) in [6.45, 7) is 1.99. The highest BCUT2D eigenvalue weighted by Crippen LogP contribution is 2.34. The number of anilines is 4. The maximum Gasteiger partial charge on any atom is 0.231 e. The minimum absolute atomic E-state index is 0.0749. The molecule has 4 rings (SSSR count). The van der Waals surface area contributed by atoms with Crippen LogP contribution in [0.3, 0.4) is 0 Å². The summed E-state index contributed by atoms with van der Waals surface area (Å²) in [5.41, 5.74) is 4.57. The molecule has 2 aromatic heterocycles. The molecule has 10 heteroatoms. The van der Waals surface area contributed by atoms with Gasteiger partial charge >= 0.3 is 0 Å². The Morgan fingerprint density at radius 3 is 2.57 bits per heavy atom. The van der Waals surface area contributed by atoms with E-state index in [1.807, 2.05) is 25.1 Å². The van der Waals surface area contributed by atoms with Crippen molar-refractivity contribution in [1.82, 2.24) is 19.5 Å². The van der Waals surface area contributed by atoms with Crippen LogP contribution in [0.15, 0.2) is 48.8 Å². The number of nitriles is 3. The molecule has 0 amide bonds. The number of nitrogens with zero attached hydrogens (tertiary/aromatic N) is 7. The van der Waals surface area contributed by atoms with Gasteiger partial charge in [-0.25, -0.2) is 4.98 Å². The lowest BCUT2D eigenvalue weighted by molar-refractivity contribution is 0.416. The van der Waals surface area contributed by atoms with E-state index in [9.17, 15) is 5.26 Å². The minimum Gasteiger partial charge on any atom is -0.495 e. The maximum atomic E-state index is 9.21. The highest BCUT2D eigenvalue weighted by Gasteiger charge is 2.17. The number of hydrogen-bond acceptors (Lipinski definition) is 9. The molecule has 0 spiro atoms. The zero-order valence-corrected chi connectivity index (χ0v) is 18.9. The van der Waals surface area contributed by atoms with Crippen LogP contribution in [0.5, 0.6) is 5.75 Å². The first-order valence-corrected chi connectivity index (χ1v) is 10.4. The molecule has 10 nitrogen and oxygen atoms in total. The molecule has 0 unspecified atom stereocenters. The molecular weight excluding hydrogens is 442 g/mol. The highest BCUT2D eigenvalue weighted by atomic mass is 16.5. The summed E-state index contributed by atoms with van der Waals surface area (Å²) in [5, 5.41) is 33.5. The van der Waals surface area contributed by atoms with Crippen molar-refractivity contribution in [1.29, 1.82) is 15.8 Å². The third-order valence-corrected chi connectivity index (χ3v) is 5.11. The largest absolute Gasteiger partial charge is 0.495 e. The van der Waals surface area contributed by atoms with Gasteiger partial charge < -0.3 is 19.9 Å². The first-order chi connectivity index (χ1) is 17.1. The van der Waals surface area contributed by atoms with Crippen molar-refractivity contribution in [2.75, 3.05) is 17.7 Å². The van der Waals surface area contributed by atoms with Crippen molar-refractivity contribution >= 4 is 40.4 Å². The van der Waals surface area contributed by atoms with E-state index in [0.29, 0.717) is 39.7 Å². The summed E-state index contributed by atoms with van der Waals surface area (Å²) in [5.74, 6) is 1.27. The summed E-state index contributed by atoms with van der Waals surface area (Å²) in [7, 11) is 1.56. The lowest BCUT2D eigenvalue weighted by Crippen LogP contribution is -2.06. The van der Waals surface area contributed by atoms with Crippen LogP contribution in [0.1, 0.15) is 16.7 Å². The Morgan fingerprint density at radius 2 is 1.89 bits per heavy atom. The van der Waals surface area contributed by atoms with Gasteiger partial charge in [0.1, 0.15) is 12.3 Å². The van der Waals surface area contributed by atoms with Gasteiger partial charge in [-0.05, 0) is 60.5 Å². The van der Waals surface area contributed by atoms with Crippen molar-refractivity contribution in [3.63, 3.8) is 0 Å². The second-order valence-electron chi connectivity index (χ2n) is 7.42. The van der Waals surface area contributed by atoms with Crippen molar-refractivity contribution in [3.8, 4) is 24.0 Å². The molecule has 4 aromatic rings. The van der Waals surface area contributed by atoms with Crippen LogP contribution in [-0.2, 0) is 6.54 Å². The predicted octanol–water partition coefficient (Wildman–Crippen LogP) is 4.56. The zero-order valence-electron chi connectivity index (χ0n) is 18.9. The molecule has 0 saturated heterocycles. The first kappa shape index (κ1) is 22.8. The second kappa shape index (κ2) is 10.0. The second-order valence-corrected chi connectivity index (χ2v) is 7.42. The average molecular weight is 461 g/mol. The van der Waals surface area contributed by atoms with Gasteiger partial charge in [0.05, 0.1) is 42.9 Å². The number of nitrogens with one attached hydrogen (secondary N) is 2. The van der Waals surface area contributed by atoms with Gasteiger partial charge in [-0.2, -0.15) is 25.8 Å². The van der Waals surface area contributed by atoms with Gasteiger partial charge in [0.2, 0.25) is 5.95 Å². The smallest absolute Gasteiger partial charge is 0.231 e. The molecule has 2 aromatic carbocycles. The summed E-state index contributed by atoms with van der Waals surface area (Å²) in [6, 6.07) is 16.8. The Bertz CT molecular complexity index is 1550. The molecule has 0 aliphatic heterocycles. The van der Waals surface area contributed by atoms with Gasteiger partial charge in [0.25, 0.3) is 0 Å². The lowest BCUT2D eigenvalue weighted by atomic mass is 10.1. The number of imidazole rings is 1. The van der Waals surface area contributed by atoms with E-state index in [2.05, 4.69) is 37.7 Å². The van der Waals surface area contributed by atoms with Gasteiger partial charge in [-0.15, -0.1) is 0 Å². The Hall–Kier alpha value is -5.40. The molecule has 2 heterocycles. The van der Waals surface area contributed by atoms with Crippen LogP contribution in [0.2, 0.25) is 0 Å². The van der Waals surface area contributed by atoms with E-state index in [0.717, 1.165) is 11.1 Å². The molecular formula is C25H19N9O.